The number of hydrogen-bond donors (Lipinski definition) is 0. The van der Waals surface area contributed by atoms with E-state index in [9.17, 15) is 0 Å². The molecule has 4 fully saturated rings. The highest BCUT2D eigenvalue weighted by molar-refractivity contribution is 5.41. The first-order valence-electron chi connectivity index (χ1n) is 12.8. The molecule has 1 saturated heterocycles. The van der Waals surface area contributed by atoms with Crippen molar-refractivity contribution in [2.45, 2.75) is 91.1 Å². The lowest BCUT2D eigenvalue weighted by molar-refractivity contribution is -0.0869. The van der Waals surface area contributed by atoms with Crippen LogP contribution in [0.4, 0.5) is 0 Å². The van der Waals surface area contributed by atoms with Crippen LogP contribution in [0, 0.1) is 34.0 Å². The van der Waals surface area contributed by atoms with Crippen LogP contribution in [0.1, 0.15) is 85.0 Å². The monoisotopic (exact) mass is 412 g/mol. The van der Waals surface area contributed by atoms with Gasteiger partial charge in [0.15, 0.2) is 5.76 Å². The van der Waals surface area contributed by atoms with Crippen molar-refractivity contribution >= 4 is 0 Å². The third-order valence-electron chi connectivity index (χ3n) is 11.5. The van der Waals surface area contributed by atoms with Crippen LogP contribution in [0.5, 0.6) is 0 Å². The summed E-state index contributed by atoms with van der Waals surface area (Å²) in [6.07, 6.45) is 13.6. The Morgan fingerprint density at radius 1 is 1.10 bits per heavy atom. The number of ether oxygens (including phenoxy) is 3. The van der Waals surface area contributed by atoms with Crippen LogP contribution in [-0.4, -0.2) is 26.4 Å². The molecule has 0 aromatic rings. The molecule has 0 spiro atoms. The molecule has 3 saturated carbocycles. The second-order valence-corrected chi connectivity index (χ2v) is 11.4. The molecular weight excluding hydrogens is 372 g/mol. The first-order valence-corrected chi connectivity index (χ1v) is 12.8. The van der Waals surface area contributed by atoms with Crippen molar-refractivity contribution in [1.29, 1.82) is 0 Å². The van der Waals surface area contributed by atoms with E-state index >= 15 is 0 Å². The summed E-state index contributed by atoms with van der Waals surface area (Å²) in [4.78, 5) is 0. The first kappa shape index (κ1) is 19.7. The van der Waals surface area contributed by atoms with E-state index in [1.54, 1.807) is 18.3 Å². The Bertz CT molecular complexity index is 811. The fourth-order valence-electron chi connectivity index (χ4n) is 10.3. The zero-order valence-corrected chi connectivity index (χ0v) is 19.5. The molecule has 1 aliphatic heterocycles. The van der Waals surface area contributed by atoms with Gasteiger partial charge in [0, 0.05) is 6.42 Å². The largest absolute Gasteiger partial charge is 0.497 e. The molecule has 0 amide bonds. The zero-order valence-electron chi connectivity index (χ0n) is 19.5. The van der Waals surface area contributed by atoms with Crippen molar-refractivity contribution in [3.8, 4) is 0 Å². The molecule has 5 aliphatic carbocycles. The van der Waals surface area contributed by atoms with Crippen LogP contribution in [0.3, 0.4) is 0 Å². The molecule has 0 radical (unpaired) electrons. The highest BCUT2D eigenvalue weighted by atomic mass is 16.6. The van der Waals surface area contributed by atoms with E-state index in [1.807, 2.05) is 0 Å². The van der Waals surface area contributed by atoms with Crippen molar-refractivity contribution in [2.75, 3.05) is 20.3 Å². The van der Waals surface area contributed by atoms with Crippen LogP contribution in [0.15, 0.2) is 22.7 Å². The first-order chi connectivity index (χ1) is 14.5. The summed E-state index contributed by atoms with van der Waals surface area (Å²) < 4.78 is 18.3. The summed E-state index contributed by atoms with van der Waals surface area (Å²) >= 11 is 0. The maximum atomic E-state index is 6.41. The summed E-state index contributed by atoms with van der Waals surface area (Å²) in [7, 11) is 1.80. The molecule has 0 aromatic heterocycles. The minimum absolute atomic E-state index is 0.0340. The van der Waals surface area contributed by atoms with Gasteiger partial charge in [-0.15, -0.1) is 0 Å². The third kappa shape index (κ3) is 2.07. The molecule has 0 N–H and O–H groups in total. The Kier molecular flexibility index (Phi) is 4.29. The molecule has 3 heteroatoms. The van der Waals surface area contributed by atoms with Gasteiger partial charge in [-0.05, 0) is 90.9 Å². The van der Waals surface area contributed by atoms with Gasteiger partial charge in [0.05, 0.1) is 13.7 Å². The average molecular weight is 413 g/mol. The Labute approximate surface area is 182 Å². The summed E-state index contributed by atoms with van der Waals surface area (Å²) in [6.45, 7) is 9.06. The molecule has 2 bridgehead atoms. The molecule has 166 valence electrons. The van der Waals surface area contributed by atoms with Gasteiger partial charge < -0.3 is 14.2 Å². The molecular formula is C27H40O3. The van der Waals surface area contributed by atoms with Gasteiger partial charge in [0.1, 0.15) is 18.5 Å². The van der Waals surface area contributed by atoms with Gasteiger partial charge in [-0.1, -0.05) is 32.8 Å². The minimum Gasteiger partial charge on any atom is -0.497 e. The lowest BCUT2D eigenvalue weighted by Gasteiger charge is -2.59. The van der Waals surface area contributed by atoms with Gasteiger partial charge in [-0.25, -0.2) is 0 Å². The van der Waals surface area contributed by atoms with Gasteiger partial charge >= 0.3 is 0 Å². The zero-order chi connectivity index (χ0) is 20.7. The Morgan fingerprint density at radius 2 is 1.97 bits per heavy atom. The quantitative estimate of drug-likeness (QED) is 0.503. The fraction of sp³-hybridized carbons (Fsp3) is 0.852. The van der Waals surface area contributed by atoms with Gasteiger partial charge in [-0.2, -0.15) is 0 Å². The normalized spacial score (nSPS) is 49.2. The third-order valence-corrected chi connectivity index (χ3v) is 11.5. The van der Waals surface area contributed by atoms with E-state index < -0.39 is 0 Å². The molecule has 1 heterocycles. The van der Waals surface area contributed by atoms with Gasteiger partial charge in [0.25, 0.3) is 0 Å². The van der Waals surface area contributed by atoms with Crippen LogP contribution < -0.4 is 0 Å². The minimum atomic E-state index is 0.0340. The molecule has 6 aliphatic rings. The predicted molar refractivity (Wildman–Crippen MR) is 118 cm³/mol. The Morgan fingerprint density at radius 3 is 2.73 bits per heavy atom. The van der Waals surface area contributed by atoms with E-state index in [4.69, 9.17) is 14.2 Å². The Hall–Kier alpha value is -0.960. The lowest BCUT2D eigenvalue weighted by Crippen LogP contribution is -2.52. The number of hydrogen-bond acceptors (Lipinski definition) is 3. The Balaban J connectivity index is 1.42. The van der Waals surface area contributed by atoms with Gasteiger partial charge in [0.2, 0.25) is 0 Å². The lowest BCUT2D eigenvalue weighted by atomic mass is 9.46. The van der Waals surface area contributed by atoms with Crippen molar-refractivity contribution in [3.05, 3.63) is 22.7 Å². The molecule has 3 nitrogen and oxygen atoms in total. The summed E-state index contributed by atoms with van der Waals surface area (Å²) in [5.74, 6) is 4.50. The van der Waals surface area contributed by atoms with E-state index in [-0.39, 0.29) is 6.10 Å². The van der Waals surface area contributed by atoms with Crippen LogP contribution in [0.25, 0.3) is 0 Å². The van der Waals surface area contributed by atoms with Crippen molar-refractivity contribution < 1.29 is 14.2 Å². The molecule has 6 rings (SSSR count). The maximum Gasteiger partial charge on any atom is 0.167 e. The molecule has 0 aromatic carbocycles. The summed E-state index contributed by atoms with van der Waals surface area (Å²) in [5, 5.41) is 0. The van der Waals surface area contributed by atoms with Crippen LogP contribution >= 0.6 is 0 Å². The average Bonchev–Trinajstić information content (AvgIpc) is 3.19. The predicted octanol–water partition coefficient (Wildman–Crippen LogP) is 6.39. The second-order valence-electron chi connectivity index (χ2n) is 11.4. The number of methoxy groups -OCH3 is 1. The van der Waals surface area contributed by atoms with E-state index in [0.29, 0.717) is 35.4 Å². The highest BCUT2D eigenvalue weighted by Gasteiger charge is 2.75. The van der Waals surface area contributed by atoms with Crippen molar-refractivity contribution in [3.63, 3.8) is 0 Å². The number of allylic oxidation sites excluding steroid dienone is 1. The topological polar surface area (TPSA) is 27.7 Å². The van der Waals surface area contributed by atoms with Crippen LogP contribution in [0.2, 0.25) is 0 Å². The van der Waals surface area contributed by atoms with E-state index in [0.717, 1.165) is 29.8 Å². The standard InChI is InChI=1S/C27H40O3/c1-5-18-16-27-12-11-26(18,6-2)25(27,3)10-9-19-20(27)8-7-17-15-21(28-4)23-24(22(17)19)30-14-13-29-23/h18-20,24H,5-16H2,1-4H3/t18-,19+,20-,24?,25-,26-,27?/m1/s1. The van der Waals surface area contributed by atoms with Crippen molar-refractivity contribution in [2.24, 2.45) is 34.0 Å². The molecule has 7 atom stereocenters. The van der Waals surface area contributed by atoms with E-state index in [1.165, 1.54) is 57.8 Å². The highest BCUT2D eigenvalue weighted by Crippen LogP contribution is 2.83. The second kappa shape index (κ2) is 6.53. The summed E-state index contributed by atoms with van der Waals surface area (Å²) in [6, 6.07) is 0. The van der Waals surface area contributed by atoms with Crippen LogP contribution in [-0.2, 0) is 14.2 Å². The number of fused-ring (bicyclic) bond motifs is 4. The molecule has 30 heavy (non-hydrogen) atoms. The summed E-state index contributed by atoms with van der Waals surface area (Å²) in [5.41, 5.74) is 4.96. The van der Waals surface area contributed by atoms with E-state index in [2.05, 4.69) is 20.8 Å². The SMILES string of the molecule is CC[C@@H]1CC23CC[C@@]1(CC)[C@@]2(C)CC[C@@H]1C2=C(CC[C@H]13)CC(OC)=C1OCCOC12. The number of rotatable bonds is 3. The molecule has 2 unspecified atom stereocenters. The maximum absolute atomic E-state index is 6.41. The smallest absolute Gasteiger partial charge is 0.167 e. The van der Waals surface area contributed by atoms with Gasteiger partial charge in [-0.3, -0.25) is 0 Å². The fourth-order valence-corrected chi connectivity index (χ4v) is 10.3. The van der Waals surface area contributed by atoms with Crippen molar-refractivity contribution in [1.82, 2.24) is 0 Å².